The van der Waals surface area contributed by atoms with Crippen molar-refractivity contribution in [2.24, 2.45) is 16.6 Å². The third-order valence-corrected chi connectivity index (χ3v) is 6.33. The topological polar surface area (TPSA) is 80.0 Å². The van der Waals surface area contributed by atoms with Gasteiger partial charge in [0.25, 0.3) is 5.91 Å². The van der Waals surface area contributed by atoms with Crippen molar-refractivity contribution in [3.8, 4) is 0 Å². The number of amidine groups is 1. The number of aryl methyl sites for hydroxylation is 1. The lowest BCUT2D eigenvalue weighted by Crippen LogP contribution is -2.34. The van der Waals surface area contributed by atoms with Crippen LogP contribution < -0.4 is 11.1 Å². The molecule has 0 bridgehead atoms. The Bertz CT molecular complexity index is 729. The minimum Gasteiger partial charge on any atom is -0.387 e. The molecule has 7 heteroatoms. The van der Waals surface area contributed by atoms with Crippen molar-refractivity contribution in [3.63, 3.8) is 0 Å². The summed E-state index contributed by atoms with van der Waals surface area (Å²) in [6.07, 6.45) is 7.96. The van der Waals surface area contributed by atoms with Gasteiger partial charge >= 0.3 is 0 Å². The van der Waals surface area contributed by atoms with Gasteiger partial charge in [-0.2, -0.15) is 0 Å². The van der Waals surface area contributed by atoms with E-state index in [9.17, 15) is 4.79 Å². The van der Waals surface area contributed by atoms with E-state index in [2.05, 4.69) is 16.4 Å². The predicted molar refractivity (Wildman–Crippen MR) is 116 cm³/mol. The van der Waals surface area contributed by atoms with Gasteiger partial charge in [0.1, 0.15) is 5.84 Å². The SMILES string of the molecule is CCCN(OCC)C(=O)C1=Cc2sc(CCC3CCNCC3)cc2N=C(N)C1. The number of carbonyl (C=O) groups excluding carboxylic acids is 1. The zero-order chi connectivity index (χ0) is 19.9. The lowest BCUT2D eigenvalue weighted by molar-refractivity contribution is -0.180. The number of aliphatic imine (C=N–C) groups is 1. The van der Waals surface area contributed by atoms with Crippen LogP contribution in [-0.4, -0.2) is 43.0 Å². The summed E-state index contributed by atoms with van der Waals surface area (Å²) in [4.78, 5) is 25.4. The first-order chi connectivity index (χ1) is 13.6. The van der Waals surface area contributed by atoms with Crippen molar-refractivity contribution < 1.29 is 9.63 Å². The standard InChI is InChI=1S/C21H32N4O2S/c1-3-11-25(27-4-2)21(26)16-12-19-18(24-20(22)13-16)14-17(28-19)6-5-15-7-9-23-10-8-15/h12,14-15,23H,3-11,13H2,1-2H3,(H2,22,24). The summed E-state index contributed by atoms with van der Waals surface area (Å²) in [7, 11) is 0. The van der Waals surface area contributed by atoms with Gasteiger partial charge in [-0.05, 0) is 70.2 Å². The summed E-state index contributed by atoms with van der Waals surface area (Å²) in [5.74, 6) is 1.17. The van der Waals surface area contributed by atoms with Crippen LogP contribution in [0.4, 0.5) is 5.69 Å². The predicted octanol–water partition coefficient (Wildman–Crippen LogP) is 3.65. The van der Waals surface area contributed by atoms with Gasteiger partial charge in [0.2, 0.25) is 0 Å². The summed E-state index contributed by atoms with van der Waals surface area (Å²) in [5.41, 5.74) is 7.66. The molecule has 2 aliphatic rings. The normalized spacial score (nSPS) is 17.5. The Kier molecular flexibility index (Phi) is 7.65. The first-order valence-electron chi connectivity index (χ1n) is 10.4. The Hall–Kier alpha value is -1.70. The van der Waals surface area contributed by atoms with E-state index in [0.29, 0.717) is 31.0 Å². The fourth-order valence-electron chi connectivity index (χ4n) is 3.76. The van der Waals surface area contributed by atoms with Gasteiger partial charge in [0.15, 0.2) is 0 Å². The Labute approximate surface area is 171 Å². The second-order valence-corrected chi connectivity index (χ2v) is 8.64. The zero-order valence-electron chi connectivity index (χ0n) is 17.0. The molecule has 0 saturated carbocycles. The second kappa shape index (κ2) is 10.2. The molecule has 0 aliphatic carbocycles. The lowest BCUT2D eigenvalue weighted by atomic mass is 9.93. The van der Waals surface area contributed by atoms with E-state index in [1.54, 1.807) is 11.3 Å². The van der Waals surface area contributed by atoms with Gasteiger partial charge in [-0.1, -0.05) is 6.92 Å². The maximum Gasteiger partial charge on any atom is 0.273 e. The first-order valence-corrected chi connectivity index (χ1v) is 11.2. The zero-order valence-corrected chi connectivity index (χ0v) is 17.8. The van der Waals surface area contributed by atoms with Crippen LogP contribution in [0.2, 0.25) is 0 Å². The largest absolute Gasteiger partial charge is 0.387 e. The average Bonchev–Trinajstić information content (AvgIpc) is 2.99. The van der Waals surface area contributed by atoms with Gasteiger partial charge in [-0.25, -0.2) is 10.1 Å². The summed E-state index contributed by atoms with van der Waals surface area (Å²) < 4.78 is 0. The molecular weight excluding hydrogens is 372 g/mol. The minimum absolute atomic E-state index is 0.112. The molecule has 0 unspecified atom stereocenters. The first kappa shape index (κ1) is 21.0. The Morgan fingerprint density at radius 2 is 2.18 bits per heavy atom. The molecule has 0 atom stereocenters. The number of nitrogens with two attached hydrogens (primary N) is 1. The molecular formula is C21H32N4O2S. The monoisotopic (exact) mass is 404 g/mol. The van der Waals surface area contributed by atoms with E-state index in [1.165, 1.54) is 29.2 Å². The van der Waals surface area contributed by atoms with Crippen molar-refractivity contribution in [1.29, 1.82) is 0 Å². The molecule has 6 nitrogen and oxygen atoms in total. The summed E-state index contributed by atoms with van der Waals surface area (Å²) in [6, 6.07) is 2.14. The number of thiophene rings is 1. The van der Waals surface area contributed by atoms with E-state index >= 15 is 0 Å². The van der Waals surface area contributed by atoms with E-state index in [1.807, 2.05) is 19.9 Å². The van der Waals surface area contributed by atoms with Crippen LogP contribution in [0.1, 0.15) is 55.7 Å². The molecule has 1 aromatic rings. The number of hydroxylamine groups is 2. The van der Waals surface area contributed by atoms with E-state index in [-0.39, 0.29) is 5.91 Å². The van der Waals surface area contributed by atoms with Gasteiger partial charge in [0.05, 0.1) is 17.2 Å². The summed E-state index contributed by atoms with van der Waals surface area (Å²) >= 11 is 1.73. The average molecular weight is 405 g/mol. The fourth-order valence-corrected chi connectivity index (χ4v) is 4.84. The lowest BCUT2D eigenvalue weighted by Gasteiger charge is -2.22. The Balaban J connectivity index is 1.74. The van der Waals surface area contributed by atoms with Crippen molar-refractivity contribution in [1.82, 2.24) is 10.4 Å². The van der Waals surface area contributed by atoms with Crippen LogP contribution in [-0.2, 0) is 16.1 Å². The third-order valence-electron chi connectivity index (χ3n) is 5.20. The van der Waals surface area contributed by atoms with Crippen LogP contribution >= 0.6 is 11.3 Å². The van der Waals surface area contributed by atoms with Crippen LogP contribution in [0.15, 0.2) is 16.6 Å². The van der Waals surface area contributed by atoms with Crippen molar-refractivity contribution in [3.05, 3.63) is 21.4 Å². The van der Waals surface area contributed by atoms with E-state index in [4.69, 9.17) is 10.6 Å². The molecule has 154 valence electrons. The second-order valence-electron chi connectivity index (χ2n) is 7.47. The third kappa shape index (κ3) is 5.43. The molecule has 1 aromatic heterocycles. The van der Waals surface area contributed by atoms with Gasteiger partial charge in [-0.15, -0.1) is 11.3 Å². The molecule has 3 rings (SSSR count). The number of hydrogen-bond donors (Lipinski definition) is 2. The highest BCUT2D eigenvalue weighted by Gasteiger charge is 2.23. The molecule has 2 aliphatic heterocycles. The smallest absolute Gasteiger partial charge is 0.273 e. The van der Waals surface area contributed by atoms with Crippen LogP contribution in [0.3, 0.4) is 0 Å². The number of nitrogens with one attached hydrogen (secondary N) is 1. The van der Waals surface area contributed by atoms with Gasteiger partial charge in [0, 0.05) is 23.4 Å². The fraction of sp³-hybridized carbons (Fsp3) is 0.619. The molecule has 3 N–H and O–H groups in total. The highest BCUT2D eigenvalue weighted by atomic mass is 32.1. The maximum atomic E-state index is 12.9. The molecule has 1 fully saturated rings. The number of nitrogens with zero attached hydrogens (tertiary/aromatic N) is 2. The quantitative estimate of drug-likeness (QED) is 0.648. The molecule has 1 saturated heterocycles. The van der Waals surface area contributed by atoms with Crippen molar-refractivity contribution >= 4 is 34.8 Å². The number of piperidine rings is 1. The summed E-state index contributed by atoms with van der Waals surface area (Å²) in [5, 5.41) is 4.88. The highest BCUT2D eigenvalue weighted by Crippen LogP contribution is 2.36. The van der Waals surface area contributed by atoms with Gasteiger partial charge in [-0.3, -0.25) is 9.63 Å². The maximum absolute atomic E-state index is 12.9. The molecule has 0 radical (unpaired) electrons. The summed E-state index contributed by atoms with van der Waals surface area (Å²) in [6.45, 7) is 7.22. The molecule has 1 amide bonds. The number of carbonyl (C=O) groups is 1. The Morgan fingerprint density at radius 3 is 2.89 bits per heavy atom. The number of hydrogen-bond acceptors (Lipinski definition) is 6. The minimum atomic E-state index is -0.112. The van der Waals surface area contributed by atoms with Gasteiger partial charge < -0.3 is 11.1 Å². The molecule has 0 spiro atoms. The van der Waals surface area contributed by atoms with Crippen LogP contribution in [0.25, 0.3) is 6.08 Å². The number of rotatable bonds is 8. The number of fused-ring (bicyclic) bond motifs is 1. The molecule has 0 aromatic carbocycles. The Morgan fingerprint density at radius 1 is 1.39 bits per heavy atom. The van der Waals surface area contributed by atoms with E-state index < -0.39 is 0 Å². The van der Waals surface area contributed by atoms with Crippen molar-refractivity contribution in [2.45, 2.75) is 52.4 Å². The van der Waals surface area contributed by atoms with E-state index in [0.717, 1.165) is 42.4 Å². The number of amides is 1. The van der Waals surface area contributed by atoms with Crippen LogP contribution in [0, 0.1) is 5.92 Å². The molecule has 28 heavy (non-hydrogen) atoms. The van der Waals surface area contributed by atoms with Crippen molar-refractivity contribution in [2.75, 3.05) is 26.2 Å². The highest BCUT2D eigenvalue weighted by molar-refractivity contribution is 7.13. The van der Waals surface area contributed by atoms with Crippen LogP contribution in [0.5, 0.6) is 0 Å². The molecule has 3 heterocycles.